The maximum absolute atomic E-state index is 12.4. The highest BCUT2D eigenvalue weighted by Gasteiger charge is 2.38. The van der Waals surface area contributed by atoms with Crippen molar-refractivity contribution in [3.05, 3.63) is 64.0 Å². The van der Waals surface area contributed by atoms with Gasteiger partial charge in [0.05, 0.1) is 5.56 Å². The minimum atomic E-state index is -5.03. The molecular formula is C17H9ClF3NO3. The number of halogens is 4. The average molecular weight is 368 g/mol. The quantitative estimate of drug-likeness (QED) is 0.673. The molecule has 128 valence electrons. The maximum atomic E-state index is 12.4. The summed E-state index contributed by atoms with van der Waals surface area (Å²) in [6.07, 6.45) is -5.03. The van der Waals surface area contributed by atoms with Gasteiger partial charge in [0.2, 0.25) is 0 Å². The van der Waals surface area contributed by atoms with Crippen molar-refractivity contribution in [1.29, 1.82) is 0 Å². The summed E-state index contributed by atoms with van der Waals surface area (Å²) in [5, 5.41) is 2.48. The molecule has 0 aliphatic rings. The fourth-order valence-corrected chi connectivity index (χ4v) is 2.48. The van der Waals surface area contributed by atoms with Crippen molar-refractivity contribution in [2.24, 2.45) is 0 Å². The first-order valence-corrected chi connectivity index (χ1v) is 7.34. The van der Waals surface area contributed by atoms with E-state index in [-0.39, 0.29) is 21.8 Å². The molecule has 2 aromatic carbocycles. The van der Waals surface area contributed by atoms with E-state index in [1.54, 1.807) is 29.6 Å². The van der Waals surface area contributed by atoms with Gasteiger partial charge in [0.25, 0.3) is 0 Å². The zero-order chi connectivity index (χ0) is 18.2. The lowest BCUT2D eigenvalue weighted by Crippen LogP contribution is -2.29. The second-order valence-electron chi connectivity index (χ2n) is 5.13. The van der Waals surface area contributed by atoms with Crippen LogP contribution in [0.1, 0.15) is 0 Å². The molecular weight excluding hydrogens is 359 g/mol. The summed E-state index contributed by atoms with van der Waals surface area (Å²) in [6, 6.07) is 12.0. The number of para-hydroxylation sites is 1. The lowest BCUT2D eigenvalue weighted by atomic mass is 10.1. The molecule has 8 heteroatoms. The normalized spacial score (nSPS) is 11.5. The van der Waals surface area contributed by atoms with Crippen molar-refractivity contribution in [2.75, 3.05) is 5.32 Å². The van der Waals surface area contributed by atoms with Gasteiger partial charge in [-0.05, 0) is 30.3 Å². The van der Waals surface area contributed by atoms with Gasteiger partial charge in [-0.2, -0.15) is 13.2 Å². The molecule has 0 atom stereocenters. The molecule has 1 amide bonds. The number of anilines is 1. The van der Waals surface area contributed by atoms with Crippen LogP contribution in [0.2, 0.25) is 5.02 Å². The third-order valence-electron chi connectivity index (χ3n) is 3.41. The van der Waals surface area contributed by atoms with E-state index in [0.717, 1.165) is 0 Å². The Hall–Kier alpha value is -2.80. The molecule has 0 unspecified atom stereocenters. The summed E-state index contributed by atoms with van der Waals surface area (Å²) in [4.78, 5) is 23.2. The summed E-state index contributed by atoms with van der Waals surface area (Å²) >= 11 is 6.06. The molecule has 4 nitrogen and oxygen atoms in total. The molecule has 1 heterocycles. The predicted octanol–water partition coefficient (Wildman–Crippen LogP) is 4.61. The molecule has 0 radical (unpaired) electrons. The average Bonchev–Trinajstić information content (AvgIpc) is 2.55. The molecule has 0 aliphatic carbocycles. The third-order valence-corrected chi connectivity index (χ3v) is 3.74. The molecule has 0 spiro atoms. The van der Waals surface area contributed by atoms with E-state index in [0.29, 0.717) is 11.0 Å². The summed E-state index contributed by atoms with van der Waals surface area (Å²) in [5.41, 5.74) is -0.240. The number of hydrogen-bond acceptors (Lipinski definition) is 3. The van der Waals surface area contributed by atoms with Gasteiger partial charge in [-0.25, -0.2) is 4.79 Å². The van der Waals surface area contributed by atoms with Crippen molar-refractivity contribution in [2.45, 2.75) is 6.18 Å². The van der Waals surface area contributed by atoms with E-state index in [1.807, 2.05) is 0 Å². The van der Waals surface area contributed by atoms with E-state index in [1.165, 1.54) is 24.3 Å². The topological polar surface area (TPSA) is 59.3 Å². The molecule has 25 heavy (non-hydrogen) atoms. The number of nitrogens with one attached hydrogen (secondary N) is 1. The minimum Gasteiger partial charge on any atom is -0.422 e. The third kappa shape index (κ3) is 3.51. The number of rotatable bonds is 2. The second-order valence-corrected chi connectivity index (χ2v) is 5.54. The van der Waals surface area contributed by atoms with Crippen molar-refractivity contribution >= 4 is 34.2 Å². The molecule has 0 bridgehead atoms. The molecule has 0 saturated carbocycles. The first kappa shape index (κ1) is 17.0. The Labute approximate surface area is 143 Å². The second kappa shape index (κ2) is 6.25. The van der Waals surface area contributed by atoms with Gasteiger partial charge < -0.3 is 9.73 Å². The highest BCUT2D eigenvalue weighted by molar-refractivity contribution is 6.33. The first-order chi connectivity index (χ1) is 11.8. The maximum Gasteiger partial charge on any atom is 0.471 e. The van der Waals surface area contributed by atoms with Crippen LogP contribution in [-0.4, -0.2) is 12.1 Å². The zero-order valence-electron chi connectivity index (χ0n) is 12.4. The van der Waals surface area contributed by atoms with Crippen LogP contribution in [0.15, 0.2) is 57.7 Å². The molecule has 0 aliphatic heterocycles. The first-order valence-electron chi connectivity index (χ1n) is 6.97. The smallest absolute Gasteiger partial charge is 0.422 e. The number of carbonyl (C=O) groups is 1. The Morgan fingerprint density at radius 1 is 1.04 bits per heavy atom. The van der Waals surface area contributed by atoms with Gasteiger partial charge >= 0.3 is 17.7 Å². The zero-order valence-corrected chi connectivity index (χ0v) is 13.1. The van der Waals surface area contributed by atoms with Crippen molar-refractivity contribution < 1.29 is 22.4 Å². The van der Waals surface area contributed by atoms with Crippen LogP contribution in [0.3, 0.4) is 0 Å². The highest BCUT2D eigenvalue weighted by atomic mass is 35.5. The van der Waals surface area contributed by atoms with Crippen LogP contribution in [-0.2, 0) is 4.79 Å². The Morgan fingerprint density at radius 2 is 1.76 bits per heavy atom. The van der Waals surface area contributed by atoms with Gasteiger partial charge in [0, 0.05) is 21.7 Å². The summed E-state index contributed by atoms with van der Waals surface area (Å²) in [7, 11) is 0. The standard InChI is InChI=1S/C17H9ClF3NO3/c18-13-6-5-10(22-16(24)17(19,20)21)8-11(13)12-7-9-3-1-2-4-14(9)25-15(12)23/h1-8H,(H,22,24). The largest absolute Gasteiger partial charge is 0.471 e. The summed E-state index contributed by atoms with van der Waals surface area (Å²) in [5.74, 6) is -2.12. The van der Waals surface area contributed by atoms with Gasteiger partial charge in [0.1, 0.15) is 5.58 Å². The van der Waals surface area contributed by atoms with E-state index in [4.69, 9.17) is 16.0 Å². The monoisotopic (exact) mass is 367 g/mol. The van der Waals surface area contributed by atoms with Crippen molar-refractivity contribution in [1.82, 2.24) is 0 Å². The van der Waals surface area contributed by atoms with E-state index in [2.05, 4.69) is 0 Å². The van der Waals surface area contributed by atoms with E-state index in [9.17, 15) is 22.8 Å². The number of carbonyl (C=O) groups excluding carboxylic acids is 1. The van der Waals surface area contributed by atoms with Crippen LogP contribution in [0, 0.1) is 0 Å². The van der Waals surface area contributed by atoms with Crippen LogP contribution >= 0.6 is 11.6 Å². The number of amides is 1. The molecule has 1 N–H and O–H groups in total. The number of hydrogen-bond donors (Lipinski definition) is 1. The Bertz CT molecular complexity index is 1030. The van der Waals surface area contributed by atoms with Crippen molar-refractivity contribution in [3.63, 3.8) is 0 Å². The predicted molar refractivity (Wildman–Crippen MR) is 87.6 cm³/mol. The molecule has 3 aromatic rings. The number of fused-ring (bicyclic) bond motifs is 1. The Kier molecular flexibility index (Phi) is 4.26. The lowest BCUT2D eigenvalue weighted by Gasteiger charge is -2.10. The minimum absolute atomic E-state index is 0.0757. The molecule has 0 fully saturated rings. The Balaban J connectivity index is 2.08. The van der Waals surface area contributed by atoms with Gasteiger partial charge in [0.15, 0.2) is 0 Å². The molecule has 0 saturated heterocycles. The molecule has 1 aromatic heterocycles. The Morgan fingerprint density at radius 3 is 2.48 bits per heavy atom. The SMILES string of the molecule is O=C(Nc1ccc(Cl)c(-c2cc3ccccc3oc2=O)c1)C(F)(F)F. The van der Waals surface area contributed by atoms with Gasteiger partial charge in [-0.1, -0.05) is 29.8 Å². The number of alkyl halides is 3. The fourth-order valence-electron chi connectivity index (χ4n) is 2.26. The van der Waals surface area contributed by atoms with Gasteiger partial charge in [-0.3, -0.25) is 4.79 Å². The number of benzene rings is 2. The van der Waals surface area contributed by atoms with Gasteiger partial charge in [-0.15, -0.1) is 0 Å². The van der Waals surface area contributed by atoms with Crippen LogP contribution in [0.25, 0.3) is 22.1 Å². The van der Waals surface area contributed by atoms with Crippen LogP contribution in [0.5, 0.6) is 0 Å². The van der Waals surface area contributed by atoms with E-state index < -0.39 is 17.7 Å². The van der Waals surface area contributed by atoms with Crippen LogP contribution in [0.4, 0.5) is 18.9 Å². The summed E-state index contributed by atoms with van der Waals surface area (Å²) in [6.45, 7) is 0. The summed E-state index contributed by atoms with van der Waals surface area (Å²) < 4.78 is 42.3. The lowest BCUT2D eigenvalue weighted by molar-refractivity contribution is -0.167. The van der Waals surface area contributed by atoms with Crippen LogP contribution < -0.4 is 10.9 Å². The van der Waals surface area contributed by atoms with E-state index >= 15 is 0 Å². The van der Waals surface area contributed by atoms with Crippen molar-refractivity contribution in [3.8, 4) is 11.1 Å². The molecule has 3 rings (SSSR count). The fraction of sp³-hybridized carbons (Fsp3) is 0.0588. The highest BCUT2D eigenvalue weighted by Crippen LogP contribution is 2.31.